The van der Waals surface area contributed by atoms with Crippen molar-refractivity contribution < 1.29 is 0 Å². The first-order chi connectivity index (χ1) is 8.74. The van der Waals surface area contributed by atoms with Gasteiger partial charge in [-0.2, -0.15) is 0 Å². The van der Waals surface area contributed by atoms with Crippen molar-refractivity contribution in [1.29, 1.82) is 0 Å². The molecule has 3 nitrogen and oxygen atoms in total. The van der Waals surface area contributed by atoms with Crippen LogP contribution in [0.2, 0.25) is 0 Å². The van der Waals surface area contributed by atoms with Crippen molar-refractivity contribution in [2.24, 2.45) is 5.92 Å². The van der Waals surface area contributed by atoms with Crippen LogP contribution < -0.4 is 5.73 Å². The number of nitrogens with two attached hydrogens (primary N) is 1. The Morgan fingerprint density at radius 1 is 1.33 bits per heavy atom. The highest BCUT2D eigenvalue weighted by molar-refractivity contribution is 5.79. The number of nitrogens with zero attached hydrogens (tertiary/aromatic N) is 2. The average Bonchev–Trinajstić information content (AvgIpc) is 2.94. The molecular weight excluding hydrogens is 222 g/mol. The molecule has 2 aromatic rings. The van der Waals surface area contributed by atoms with E-state index in [-0.39, 0.29) is 0 Å². The molecule has 0 spiro atoms. The van der Waals surface area contributed by atoms with E-state index in [1.54, 1.807) is 0 Å². The third kappa shape index (κ3) is 2.09. The van der Waals surface area contributed by atoms with Crippen molar-refractivity contribution in [2.75, 3.05) is 5.73 Å². The van der Waals surface area contributed by atoms with Crippen LogP contribution in [0, 0.1) is 12.8 Å². The lowest BCUT2D eigenvalue weighted by Crippen LogP contribution is -2.07. The number of aryl methyl sites for hydroxylation is 2. The molecule has 96 valence electrons. The monoisotopic (exact) mass is 243 g/mol. The number of anilines is 1. The highest BCUT2D eigenvalue weighted by atomic mass is 15.1. The summed E-state index contributed by atoms with van der Waals surface area (Å²) in [6.07, 6.45) is 6.84. The summed E-state index contributed by atoms with van der Waals surface area (Å²) in [4.78, 5) is 4.44. The summed E-state index contributed by atoms with van der Waals surface area (Å²) in [5.74, 6) is 1.56. The quantitative estimate of drug-likeness (QED) is 0.896. The second kappa shape index (κ2) is 4.63. The standard InChI is InChI=1S/C15H21N3/c1-11-6-7-13-14(10-11)18(15(16)17-13)9-8-12-4-2-3-5-12/h6-7,10,12H,2-5,8-9H2,1H3,(H2,16,17). The maximum absolute atomic E-state index is 6.04. The number of imidazole rings is 1. The normalized spacial score (nSPS) is 16.7. The highest BCUT2D eigenvalue weighted by Gasteiger charge is 2.16. The first kappa shape index (κ1) is 11.6. The third-order valence-corrected chi connectivity index (χ3v) is 4.17. The summed E-state index contributed by atoms with van der Waals surface area (Å²) in [6, 6.07) is 6.34. The minimum atomic E-state index is 0.661. The average molecular weight is 243 g/mol. The molecule has 0 saturated heterocycles. The minimum absolute atomic E-state index is 0.661. The highest BCUT2D eigenvalue weighted by Crippen LogP contribution is 2.29. The number of rotatable bonds is 3. The maximum atomic E-state index is 6.04. The van der Waals surface area contributed by atoms with E-state index in [9.17, 15) is 0 Å². The predicted octanol–water partition coefficient (Wildman–Crippen LogP) is 3.51. The molecule has 3 heteroatoms. The molecule has 0 unspecified atom stereocenters. The molecule has 2 N–H and O–H groups in total. The lowest BCUT2D eigenvalue weighted by molar-refractivity contribution is 0.464. The molecule has 1 aromatic heterocycles. The largest absolute Gasteiger partial charge is 0.369 e. The molecule has 0 amide bonds. The molecule has 1 heterocycles. The van der Waals surface area contributed by atoms with E-state index >= 15 is 0 Å². The van der Waals surface area contributed by atoms with Crippen molar-refractivity contribution in [1.82, 2.24) is 9.55 Å². The van der Waals surface area contributed by atoms with Crippen LogP contribution in [-0.2, 0) is 6.54 Å². The van der Waals surface area contributed by atoms with Gasteiger partial charge < -0.3 is 10.3 Å². The van der Waals surface area contributed by atoms with Crippen LogP contribution in [-0.4, -0.2) is 9.55 Å². The van der Waals surface area contributed by atoms with Crippen molar-refractivity contribution in [3.63, 3.8) is 0 Å². The lowest BCUT2D eigenvalue weighted by Gasteiger charge is -2.11. The fraction of sp³-hybridized carbons (Fsp3) is 0.533. The first-order valence-electron chi connectivity index (χ1n) is 6.96. The summed E-state index contributed by atoms with van der Waals surface area (Å²) < 4.78 is 2.18. The number of hydrogen-bond donors (Lipinski definition) is 1. The van der Waals surface area contributed by atoms with Gasteiger partial charge in [-0.15, -0.1) is 0 Å². The maximum Gasteiger partial charge on any atom is 0.201 e. The Labute approximate surface area is 108 Å². The van der Waals surface area contributed by atoms with Crippen LogP contribution in [0.3, 0.4) is 0 Å². The van der Waals surface area contributed by atoms with Gasteiger partial charge in [0, 0.05) is 6.54 Å². The summed E-state index contributed by atoms with van der Waals surface area (Å²) in [5.41, 5.74) is 9.51. The fourth-order valence-corrected chi connectivity index (χ4v) is 3.10. The van der Waals surface area contributed by atoms with Crippen LogP contribution in [0.1, 0.15) is 37.7 Å². The molecule has 1 fully saturated rings. The number of benzene rings is 1. The number of hydrogen-bond acceptors (Lipinski definition) is 2. The second-order valence-electron chi connectivity index (χ2n) is 5.55. The SMILES string of the molecule is Cc1ccc2nc(N)n(CCC3CCCC3)c2c1. The molecule has 18 heavy (non-hydrogen) atoms. The number of nitrogen functional groups attached to an aromatic ring is 1. The van der Waals surface area contributed by atoms with Crippen molar-refractivity contribution in [2.45, 2.75) is 45.6 Å². The molecule has 0 radical (unpaired) electrons. The summed E-state index contributed by atoms with van der Waals surface area (Å²) in [6.45, 7) is 3.13. The summed E-state index contributed by atoms with van der Waals surface area (Å²) in [5, 5.41) is 0. The third-order valence-electron chi connectivity index (χ3n) is 4.17. The van der Waals surface area contributed by atoms with Crippen molar-refractivity contribution >= 4 is 17.0 Å². The molecule has 0 bridgehead atoms. The van der Waals surface area contributed by atoms with Gasteiger partial charge in [0.05, 0.1) is 11.0 Å². The van der Waals surface area contributed by atoms with Gasteiger partial charge in [0.25, 0.3) is 0 Å². The zero-order valence-electron chi connectivity index (χ0n) is 11.0. The lowest BCUT2D eigenvalue weighted by atomic mass is 10.0. The van der Waals surface area contributed by atoms with E-state index in [1.807, 2.05) is 0 Å². The van der Waals surface area contributed by atoms with Gasteiger partial charge in [0.15, 0.2) is 0 Å². The predicted molar refractivity (Wildman–Crippen MR) is 75.5 cm³/mol. The van der Waals surface area contributed by atoms with Crippen molar-refractivity contribution in [3.05, 3.63) is 23.8 Å². The number of fused-ring (bicyclic) bond motifs is 1. The molecule has 1 aliphatic carbocycles. The van der Waals surface area contributed by atoms with Crippen molar-refractivity contribution in [3.8, 4) is 0 Å². The molecule has 1 saturated carbocycles. The Morgan fingerprint density at radius 3 is 2.89 bits per heavy atom. The van der Waals surface area contributed by atoms with Gasteiger partial charge in [-0.3, -0.25) is 0 Å². The van der Waals surface area contributed by atoms with Crippen LogP contribution in [0.15, 0.2) is 18.2 Å². The zero-order valence-corrected chi connectivity index (χ0v) is 11.0. The number of aromatic nitrogens is 2. The van der Waals surface area contributed by atoms with Gasteiger partial charge in [0.1, 0.15) is 0 Å². The van der Waals surface area contributed by atoms with E-state index in [2.05, 4.69) is 34.7 Å². The van der Waals surface area contributed by atoms with Gasteiger partial charge in [0.2, 0.25) is 5.95 Å². The Bertz CT molecular complexity index is 550. The first-order valence-corrected chi connectivity index (χ1v) is 6.96. The Kier molecular flexibility index (Phi) is 2.98. The molecule has 1 aromatic carbocycles. The summed E-state index contributed by atoms with van der Waals surface area (Å²) in [7, 11) is 0. The van der Waals surface area contributed by atoms with E-state index in [4.69, 9.17) is 5.73 Å². The second-order valence-corrected chi connectivity index (χ2v) is 5.55. The van der Waals surface area contributed by atoms with Crippen LogP contribution in [0.25, 0.3) is 11.0 Å². The Hall–Kier alpha value is -1.51. The Balaban J connectivity index is 1.85. The van der Waals surface area contributed by atoms with Gasteiger partial charge in [-0.1, -0.05) is 31.7 Å². The van der Waals surface area contributed by atoms with Gasteiger partial charge in [-0.05, 0) is 37.0 Å². The molecule has 0 atom stereocenters. The molecular formula is C15H21N3. The van der Waals surface area contributed by atoms with E-state index in [0.29, 0.717) is 5.95 Å². The fourth-order valence-electron chi connectivity index (χ4n) is 3.10. The molecule has 1 aliphatic rings. The van der Waals surface area contributed by atoms with E-state index in [1.165, 1.54) is 43.2 Å². The zero-order chi connectivity index (χ0) is 12.5. The smallest absolute Gasteiger partial charge is 0.201 e. The topological polar surface area (TPSA) is 43.8 Å². The Morgan fingerprint density at radius 2 is 2.11 bits per heavy atom. The van der Waals surface area contributed by atoms with Crippen LogP contribution in [0.5, 0.6) is 0 Å². The van der Waals surface area contributed by atoms with Crippen LogP contribution in [0.4, 0.5) is 5.95 Å². The molecule has 3 rings (SSSR count). The summed E-state index contributed by atoms with van der Waals surface area (Å²) >= 11 is 0. The molecule has 0 aliphatic heterocycles. The minimum Gasteiger partial charge on any atom is -0.369 e. The van der Waals surface area contributed by atoms with Gasteiger partial charge in [-0.25, -0.2) is 4.98 Å². The van der Waals surface area contributed by atoms with Gasteiger partial charge >= 0.3 is 0 Å². The van der Waals surface area contributed by atoms with E-state index < -0.39 is 0 Å². The van der Waals surface area contributed by atoms with E-state index in [0.717, 1.165) is 18.0 Å². The van der Waals surface area contributed by atoms with Crippen LogP contribution >= 0.6 is 0 Å².